The Labute approximate surface area is 130 Å². The van der Waals surface area contributed by atoms with Gasteiger partial charge in [-0.25, -0.2) is 4.98 Å². The minimum absolute atomic E-state index is 0.227. The van der Waals surface area contributed by atoms with Crippen molar-refractivity contribution >= 4 is 56.3 Å². The zero-order valence-electron chi connectivity index (χ0n) is 10.9. The molecule has 1 N–H and O–H groups in total. The Kier molecular flexibility index (Phi) is 3.54. The molecule has 3 rings (SSSR count). The lowest BCUT2D eigenvalue weighted by atomic mass is 10.2. The van der Waals surface area contributed by atoms with Gasteiger partial charge in [0.2, 0.25) is 5.28 Å². The number of nitrogens with zero attached hydrogens (tertiary/aromatic N) is 2. The zero-order valence-corrected chi connectivity index (χ0v) is 13.2. The zero-order chi connectivity index (χ0) is 14.3. The number of aromatic nitrogens is 2. The molecule has 0 amide bonds. The highest BCUT2D eigenvalue weighted by Gasteiger charge is 2.11. The maximum absolute atomic E-state index is 6.21. The molecule has 0 bridgehead atoms. The van der Waals surface area contributed by atoms with E-state index in [2.05, 4.69) is 15.3 Å². The molecule has 3 aromatic rings. The molecule has 0 aliphatic heterocycles. The maximum atomic E-state index is 6.21. The monoisotopic (exact) mass is 323 g/mol. The van der Waals surface area contributed by atoms with Crippen LogP contribution in [0.2, 0.25) is 10.3 Å². The first-order valence-electron chi connectivity index (χ1n) is 6.00. The van der Waals surface area contributed by atoms with E-state index in [-0.39, 0.29) is 5.28 Å². The van der Waals surface area contributed by atoms with Crippen LogP contribution in [0.3, 0.4) is 0 Å². The standard InChI is InChI=1S/C14H11Cl2N3S/c1-7-3-4-10(15)11(5-7)17-12-9-6-8(2)20-13(9)19-14(16)18-12/h3-6H,1-2H3,(H,17,18,19). The van der Waals surface area contributed by atoms with Crippen molar-refractivity contribution in [2.75, 3.05) is 5.32 Å². The molecule has 0 atom stereocenters. The molecule has 0 aliphatic rings. The number of hydrogen-bond donors (Lipinski definition) is 1. The van der Waals surface area contributed by atoms with E-state index in [0.717, 1.165) is 26.3 Å². The Morgan fingerprint density at radius 2 is 1.90 bits per heavy atom. The van der Waals surface area contributed by atoms with Crippen LogP contribution in [-0.2, 0) is 0 Å². The van der Waals surface area contributed by atoms with Crippen LogP contribution in [-0.4, -0.2) is 9.97 Å². The number of halogens is 2. The first-order valence-corrected chi connectivity index (χ1v) is 7.57. The molecule has 2 heterocycles. The second-order valence-corrected chi connectivity index (χ2v) is 6.51. The van der Waals surface area contributed by atoms with Crippen molar-refractivity contribution in [2.24, 2.45) is 0 Å². The lowest BCUT2D eigenvalue weighted by Crippen LogP contribution is -1.97. The van der Waals surface area contributed by atoms with Gasteiger partial charge in [0.15, 0.2) is 0 Å². The Morgan fingerprint density at radius 3 is 2.70 bits per heavy atom. The Morgan fingerprint density at radius 1 is 1.10 bits per heavy atom. The van der Waals surface area contributed by atoms with E-state index in [1.165, 1.54) is 0 Å². The summed E-state index contributed by atoms with van der Waals surface area (Å²) in [6.07, 6.45) is 0. The molecule has 1 aromatic carbocycles. The quantitative estimate of drug-likeness (QED) is 0.645. The SMILES string of the molecule is Cc1ccc(Cl)c(Nc2nc(Cl)nc3sc(C)cc23)c1. The van der Waals surface area contributed by atoms with E-state index >= 15 is 0 Å². The number of hydrogen-bond acceptors (Lipinski definition) is 4. The van der Waals surface area contributed by atoms with Gasteiger partial charge in [0.1, 0.15) is 10.6 Å². The van der Waals surface area contributed by atoms with Crippen LogP contribution in [0.15, 0.2) is 24.3 Å². The number of thiophene rings is 1. The van der Waals surface area contributed by atoms with Crippen LogP contribution in [0, 0.1) is 13.8 Å². The van der Waals surface area contributed by atoms with Crippen molar-refractivity contribution in [2.45, 2.75) is 13.8 Å². The number of rotatable bonds is 2. The molecular weight excluding hydrogens is 313 g/mol. The largest absolute Gasteiger partial charge is 0.338 e. The van der Waals surface area contributed by atoms with Crippen LogP contribution in [0.1, 0.15) is 10.4 Å². The van der Waals surface area contributed by atoms with Crippen molar-refractivity contribution in [3.8, 4) is 0 Å². The summed E-state index contributed by atoms with van der Waals surface area (Å²) in [5.74, 6) is 0.678. The Bertz CT molecular complexity index is 798. The highest BCUT2D eigenvalue weighted by atomic mass is 35.5. The molecule has 0 saturated heterocycles. The summed E-state index contributed by atoms with van der Waals surface area (Å²) in [6, 6.07) is 7.84. The van der Waals surface area contributed by atoms with Crippen molar-refractivity contribution in [1.82, 2.24) is 9.97 Å². The fraction of sp³-hybridized carbons (Fsp3) is 0.143. The number of anilines is 2. The first kappa shape index (κ1) is 13.6. The van der Waals surface area contributed by atoms with Crippen LogP contribution >= 0.6 is 34.5 Å². The summed E-state index contributed by atoms with van der Waals surface area (Å²) in [4.78, 5) is 10.5. The van der Waals surface area contributed by atoms with Crippen molar-refractivity contribution in [1.29, 1.82) is 0 Å². The molecule has 0 unspecified atom stereocenters. The molecule has 0 radical (unpaired) electrons. The summed E-state index contributed by atoms with van der Waals surface area (Å²) < 4.78 is 0. The van der Waals surface area contributed by atoms with Gasteiger partial charge in [0, 0.05) is 4.88 Å². The van der Waals surface area contributed by atoms with Crippen LogP contribution in [0.25, 0.3) is 10.2 Å². The van der Waals surface area contributed by atoms with Crippen LogP contribution in [0.4, 0.5) is 11.5 Å². The third-order valence-corrected chi connectivity index (χ3v) is 4.31. The fourth-order valence-electron chi connectivity index (χ4n) is 1.97. The van der Waals surface area contributed by atoms with E-state index in [9.17, 15) is 0 Å². The molecule has 2 aromatic heterocycles. The average molecular weight is 324 g/mol. The summed E-state index contributed by atoms with van der Waals surface area (Å²) >= 11 is 13.8. The van der Waals surface area contributed by atoms with Crippen LogP contribution < -0.4 is 5.32 Å². The summed E-state index contributed by atoms with van der Waals surface area (Å²) in [6.45, 7) is 4.04. The lowest BCUT2D eigenvalue weighted by Gasteiger charge is -2.09. The van der Waals surface area contributed by atoms with E-state index in [0.29, 0.717) is 10.8 Å². The first-order chi connectivity index (χ1) is 9.52. The molecule has 0 saturated carbocycles. The van der Waals surface area contributed by atoms with Gasteiger partial charge < -0.3 is 5.32 Å². The summed E-state index contributed by atoms with van der Waals surface area (Å²) in [7, 11) is 0. The van der Waals surface area contributed by atoms with Crippen LogP contribution in [0.5, 0.6) is 0 Å². The lowest BCUT2D eigenvalue weighted by molar-refractivity contribution is 1.23. The average Bonchev–Trinajstić information content (AvgIpc) is 2.74. The van der Waals surface area contributed by atoms with E-state index in [4.69, 9.17) is 23.2 Å². The minimum atomic E-state index is 0.227. The maximum Gasteiger partial charge on any atom is 0.225 e. The van der Waals surface area contributed by atoms with Gasteiger partial charge >= 0.3 is 0 Å². The number of aryl methyl sites for hydroxylation is 2. The Balaban J connectivity index is 2.12. The fourth-order valence-corrected chi connectivity index (χ4v) is 3.24. The number of benzene rings is 1. The van der Waals surface area contributed by atoms with Gasteiger partial charge in [-0.2, -0.15) is 4.98 Å². The van der Waals surface area contributed by atoms with Gasteiger partial charge in [-0.15, -0.1) is 11.3 Å². The predicted molar refractivity (Wildman–Crippen MR) is 86.6 cm³/mol. The molecule has 0 aliphatic carbocycles. The highest BCUT2D eigenvalue weighted by Crippen LogP contribution is 2.33. The predicted octanol–water partition coefficient (Wildman–Crippen LogP) is 5.36. The van der Waals surface area contributed by atoms with Crippen molar-refractivity contribution in [3.63, 3.8) is 0 Å². The number of fused-ring (bicyclic) bond motifs is 1. The second-order valence-electron chi connectivity index (χ2n) is 4.53. The van der Waals surface area contributed by atoms with E-state index in [1.54, 1.807) is 11.3 Å². The molecular formula is C14H11Cl2N3S. The van der Waals surface area contributed by atoms with Gasteiger partial charge in [0.25, 0.3) is 0 Å². The highest BCUT2D eigenvalue weighted by molar-refractivity contribution is 7.18. The van der Waals surface area contributed by atoms with E-state index < -0.39 is 0 Å². The molecule has 20 heavy (non-hydrogen) atoms. The smallest absolute Gasteiger partial charge is 0.225 e. The van der Waals surface area contributed by atoms with Crippen molar-refractivity contribution in [3.05, 3.63) is 45.0 Å². The number of nitrogens with one attached hydrogen (secondary N) is 1. The van der Waals surface area contributed by atoms with Gasteiger partial charge in [0.05, 0.1) is 16.1 Å². The van der Waals surface area contributed by atoms with Gasteiger partial charge in [-0.1, -0.05) is 17.7 Å². The summed E-state index contributed by atoms with van der Waals surface area (Å²) in [5, 5.41) is 5.07. The van der Waals surface area contributed by atoms with Crippen molar-refractivity contribution < 1.29 is 0 Å². The topological polar surface area (TPSA) is 37.8 Å². The second kappa shape index (κ2) is 5.20. The molecule has 102 valence electrons. The minimum Gasteiger partial charge on any atom is -0.338 e. The van der Waals surface area contributed by atoms with E-state index in [1.807, 2.05) is 38.1 Å². The van der Waals surface area contributed by atoms with Gasteiger partial charge in [-0.3, -0.25) is 0 Å². The molecule has 0 fully saturated rings. The van der Waals surface area contributed by atoms with Gasteiger partial charge in [-0.05, 0) is 49.2 Å². The molecule has 0 spiro atoms. The third-order valence-electron chi connectivity index (χ3n) is 2.86. The Hall–Kier alpha value is -1.36. The normalized spacial score (nSPS) is 11.0. The summed E-state index contributed by atoms with van der Waals surface area (Å²) in [5.41, 5.74) is 1.93. The molecule has 6 heteroatoms. The molecule has 3 nitrogen and oxygen atoms in total. The third kappa shape index (κ3) is 2.59.